The van der Waals surface area contributed by atoms with E-state index >= 15 is 0 Å². The molecule has 1 heterocycles. The van der Waals surface area contributed by atoms with Crippen molar-refractivity contribution in [3.63, 3.8) is 0 Å². The molecule has 1 fully saturated rings. The smallest absolute Gasteiger partial charge is 0.202 e. The lowest BCUT2D eigenvalue weighted by molar-refractivity contribution is -0.111. The number of aromatic nitrogens is 1. The Morgan fingerprint density at radius 1 is 0.651 bits per heavy atom. The molecule has 0 spiro atoms. The van der Waals surface area contributed by atoms with Crippen LogP contribution in [0, 0.1) is 138 Å². The van der Waals surface area contributed by atoms with Crippen molar-refractivity contribution in [2.45, 2.75) is 198 Å². The molecule has 3 aliphatic rings. The maximum Gasteiger partial charge on any atom is 0.202 e. The number of hydrogen-bond acceptors (Lipinski definition) is 3. The Hall–Kier alpha value is -5.62. The van der Waals surface area contributed by atoms with Crippen LogP contribution in [0.3, 0.4) is 0 Å². The average molecular weight is 852 g/mol. The highest BCUT2D eigenvalue weighted by atomic mass is 16.3. The van der Waals surface area contributed by atoms with Gasteiger partial charge in [0.2, 0.25) is 5.78 Å². The largest absolute Gasteiger partial charge is 0.396 e. The third-order valence-corrected chi connectivity index (χ3v) is 9.27. The zero-order chi connectivity index (χ0) is 49.3. The van der Waals surface area contributed by atoms with E-state index in [0.29, 0.717) is 23.4 Å². The molecule has 0 bridgehead atoms. The van der Waals surface area contributed by atoms with E-state index in [1.54, 1.807) is 24.5 Å². The van der Waals surface area contributed by atoms with E-state index in [1.807, 2.05) is 40.5 Å². The van der Waals surface area contributed by atoms with E-state index in [4.69, 9.17) is 32.1 Å². The number of hydrogen-bond donors (Lipinski definition) is 1. The lowest BCUT2D eigenvalue weighted by Gasteiger charge is -2.17. The first-order valence-electron chi connectivity index (χ1n) is 22.7. The number of carbonyl (C=O) groups excluding carboxylic acids is 1. The maximum absolute atomic E-state index is 9.58. The average Bonchev–Trinajstić information content (AvgIpc) is 3.76. The topological polar surface area (TPSA) is 50.2 Å². The summed E-state index contributed by atoms with van der Waals surface area (Å²) in [4.78, 5) is 13.4. The summed E-state index contributed by atoms with van der Waals surface area (Å²) in [6.07, 6.45) is 53.4. The Labute approximate surface area is 392 Å². The van der Waals surface area contributed by atoms with Crippen molar-refractivity contribution in [1.82, 2.24) is 4.98 Å². The van der Waals surface area contributed by atoms with Crippen molar-refractivity contribution in [2.75, 3.05) is 6.61 Å². The van der Waals surface area contributed by atoms with Crippen LogP contribution < -0.4 is 0 Å². The molecule has 0 amide bonds. The Morgan fingerprint density at radius 3 is 1.22 bits per heavy atom. The molecule has 1 saturated carbocycles. The molecule has 1 aromatic heterocycles. The normalized spacial score (nSPS) is 16.6. The molecule has 4 rings (SSSR count). The number of aliphatic hydroxyl groups excluding tert-OH is 1. The van der Waals surface area contributed by atoms with Gasteiger partial charge in [-0.2, -0.15) is 0 Å². The molecule has 3 heteroatoms. The second-order valence-electron chi connectivity index (χ2n) is 14.3. The standard InChI is InChI=1S/C12H18O.C8H12.C8H14.C7H5N.C5H8.C4H4O.4C4H6/c1-11-7-5-3-4-6-8-12(11,2)10(11)9-13;1-2-4-6-8-7-5-3-1;1-3-5-7-8-6-4-2;1-2-7-3-5-8-6-4-7;1-3-5-4-2;1-3-4(2)5;4*1-3-4-2/h10,13H,5-9H2,1-2H3;1-6H2;3-6H2,1-2H3;1,3-6H;1H,4-5H2,2H3;1H,2H3;1-2H3;3*1H,4H2,2H3/t10?,11-,12+;;;;;;;;;. The minimum absolute atomic E-state index is 0.218. The molecule has 1 aromatic rings. The monoisotopic (exact) mass is 852 g/mol. The first-order chi connectivity index (χ1) is 30.3. The third kappa shape index (κ3) is 50.6. The first-order valence-corrected chi connectivity index (χ1v) is 22.7. The number of ketones is 1. The molecular weight excluding hydrogens is 767 g/mol. The van der Waals surface area contributed by atoms with Crippen LogP contribution in [0.4, 0.5) is 0 Å². The molecule has 1 unspecified atom stereocenters. The van der Waals surface area contributed by atoms with E-state index in [2.05, 4.69) is 123 Å². The molecule has 3 aliphatic carbocycles. The SMILES string of the molecule is C#CC(C)=O.C#CCC.C#CCC.C#CCC.C#CCCC.C#Cc1ccncc1.C1#CCCCCCC1.CC#CC.CCCC#CCCC.C[C@@]12CCC#CCC[C@]1(C)C2CO. The van der Waals surface area contributed by atoms with Crippen LogP contribution in [-0.4, -0.2) is 22.5 Å². The molecule has 3 nitrogen and oxygen atoms in total. The van der Waals surface area contributed by atoms with Crippen molar-refractivity contribution in [3.8, 4) is 121 Å². The lowest BCUT2D eigenvalue weighted by Crippen LogP contribution is -2.08. The van der Waals surface area contributed by atoms with E-state index in [9.17, 15) is 9.90 Å². The predicted octanol–water partition coefficient (Wildman–Crippen LogP) is 13.9. The van der Waals surface area contributed by atoms with Gasteiger partial charge in [0.1, 0.15) is 0 Å². The fourth-order valence-electron chi connectivity index (χ4n) is 5.19. The summed E-state index contributed by atoms with van der Waals surface area (Å²) >= 11 is 0. The van der Waals surface area contributed by atoms with Crippen molar-refractivity contribution in [1.29, 1.82) is 0 Å². The van der Waals surface area contributed by atoms with Gasteiger partial charge in [0.05, 0.1) is 0 Å². The van der Waals surface area contributed by atoms with Gasteiger partial charge in [-0.1, -0.05) is 74.2 Å². The Bertz CT molecular complexity index is 1640. The number of terminal acetylenes is 6. The van der Waals surface area contributed by atoms with Crippen LogP contribution in [0.2, 0.25) is 0 Å². The second-order valence-corrected chi connectivity index (χ2v) is 14.3. The summed E-state index contributed by atoms with van der Waals surface area (Å²) < 4.78 is 0. The highest BCUT2D eigenvalue weighted by Crippen LogP contribution is 2.73. The van der Waals surface area contributed by atoms with Crippen molar-refractivity contribution in [2.24, 2.45) is 16.7 Å². The van der Waals surface area contributed by atoms with Gasteiger partial charge in [-0.05, 0) is 93.6 Å². The van der Waals surface area contributed by atoms with Crippen molar-refractivity contribution >= 4 is 5.78 Å². The molecule has 0 saturated heterocycles. The molecule has 63 heavy (non-hydrogen) atoms. The fraction of sp³-hybridized carbons (Fsp3) is 0.567. The fourth-order valence-corrected chi connectivity index (χ4v) is 5.19. The van der Waals surface area contributed by atoms with E-state index in [1.165, 1.54) is 58.3 Å². The van der Waals surface area contributed by atoms with Crippen LogP contribution >= 0.6 is 0 Å². The molecule has 1 N–H and O–H groups in total. The van der Waals surface area contributed by atoms with Gasteiger partial charge in [-0.25, -0.2) is 0 Å². The lowest BCUT2D eigenvalue weighted by atomic mass is 9.87. The summed E-state index contributed by atoms with van der Waals surface area (Å²) in [5, 5.41) is 9.31. The number of pyridine rings is 1. The Kier molecular flexibility index (Phi) is 64.1. The highest BCUT2D eigenvalue weighted by Gasteiger charge is 2.68. The predicted molar refractivity (Wildman–Crippen MR) is 278 cm³/mol. The number of rotatable bonds is 4. The molecule has 342 valence electrons. The van der Waals surface area contributed by atoms with Gasteiger partial charge < -0.3 is 5.11 Å². The number of fused-ring (bicyclic) bond motifs is 1. The summed E-state index contributed by atoms with van der Waals surface area (Å²) in [5.74, 6) is 38.7. The number of carbonyl (C=O) groups is 1. The van der Waals surface area contributed by atoms with Crippen molar-refractivity contribution in [3.05, 3.63) is 30.1 Å². The summed E-state index contributed by atoms with van der Waals surface area (Å²) in [6, 6.07) is 3.58. The van der Waals surface area contributed by atoms with Crippen LogP contribution in [0.25, 0.3) is 0 Å². The maximum atomic E-state index is 9.58. The van der Waals surface area contributed by atoms with Gasteiger partial charge in [0.15, 0.2) is 0 Å². The third-order valence-electron chi connectivity index (χ3n) is 9.27. The van der Waals surface area contributed by atoms with Crippen LogP contribution in [0.15, 0.2) is 24.5 Å². The number of Topliss-reactive ketones (excluding diaryl/α,β-unsaturated/α-hetero) is 1. The first kappa shape index (κ1) is 69.1. The van der Waals surface area contributed by atoms with Gasteiger partial charge in [0.25, 0.3) is 0 Å². The van der Waals surface area contributed by atoms with E-state index < -0.39 is 0 Å². The Balaban J connectivity index is -0.000000148. The zero-order valence-electron chi connectivity index (χ0n) is 41.8. The number of aliphatic hydroxyl groups is 1. The van der Waals surface area contributed by atoms with Gasteiger partial charge in [-0.3, -0.25) is 9.78 Å². The summed E-state index contributed by atoms with van der Waals surface area (Å²) in [6.45, 7) is 22.2. The summed E-state index contributed by atoms with van der Waals surface area (Å²) in [5.41, 5.74) is 1.62. The van der Waals surface area contributed by atoms with Crippen LogP contribution in [-0.2, 0) is 4.79 Å². The van der Waals surface area contributed by atoms with Crippen LogP contribution in [0.5, 0.6) is 0 Å². The van der Waals surface area contributed by atoms with E-state index in [-0.39, 0.29) is 5.78 Å². The van der Waals surface area contributed by atoms with Crippen LogP contribution in [0.1, 0.15) is 204 Å². The van der Waals surface area contributed by atoms with Gasteiger partial charge >= 0.3 is 0 Å². The summed E-state index contributed by atoms with van der Waals surface area (Å²) in [7, 11) is 0. The Morgan fingerprint density at radius 2 is 1.00 bits per heavy atom. The quantitative estimate of drug-likeness (QED) is 0.242. The molecular formula is C60H85NO2. The van der Waals surface area contributed by atoms with E-state index in [0.717, 1.165) is 76.2 Å². The molecule has 0 radical (unpaired) electrons. The molecule has 0 aliphatic heterocycles. The van der Waals surface area contributed by atoms with Crippen molar-refractivity contribution < 1.29 is 9.90 Å². The zero-order valence-corrected chi connectivity index (χ0v) is 41.8. The minimum Gasteiger partial charge on any atom is -0.396 e. The number of unbranched alkanes of at least 4 members (excludes halogenated alkanes) is 3. The number of nitrogens with zero attached hydrogens (tertiary/aromatic N) is 1. The second kappa shape index (κ2) is 58.5. The minimum atomic E-state index is -0.218. The molecule has 3 atom stereocenters. The van der Waals surface area contributed by atoms with Gasteiger partial charge in [-0.15, -0.1) is 110 Å². The highest BCUT2D eigenvalue weighted by molar-refractivity contribution is 5.92. The van der Waals surface area contributed by atoms with Gasteiger partial charge in [0, 0.05) is 95.7 Å². The molecule has 0 aromatic carbocycles.